The molecule has 1 saturated heterocycles. The lowest BCUT2D eigenvalue weighted by Gasteiger charge is -2.35. The van der Waals surface area contributed by atoms with Crippen molar-refractivity contribution < 1.29 is 4.74 Å². The predicted molar refractivity (Wildman–Crippen MR) is 75.9 cm³/mol. The van der Waals surface area contributed by atoms with Crippen LogP contribution in [0.2, 0.25) is 0 Å². The van der Waals surface area contributed by atoms with E-state index < -0.39 is 0 Å². The second kappa shape index (κ2) is 7.46. The van der Waals surface area contributed by atoms with E-state index in [1.54, 1.807) is 0 Å². The molecule has 2 fully saturated rings. The fourth-order valence-corrected chi connectivity index (χ4v) is 3.37. The normalized spacial score (nSPS) is 32.3. The molecule has 1 N–H and O–H groups in total. The van der Waals surface area contributed by atoms with E-state index in [-0.39, 0.29) is 0 Å². The summed E-state index contributed by atoms with van der Waals surface area (Å²) >= 11 is 0. The van der Waals surface area contributed by atoms with E-state index in [2.05, 4.69) is 17.1 Å². The molecule has 0 aromatic heterocycles. The van der Waals surface area contributed by atoms with Crippen molar-refractivity contribution in [3.63, 3.8) is 0 Å². The number of rotatable bonds is 5. The first kappa shape index (κ1) is 14.3. The van der Waals surface area contributed by atoms with Gasteiger partial charge in [-0.05, 0) is 58.5 Å². The minimum atomic E-state index is 0.488. The Balaban J connectivity index is 1.66. The molecule has 2 aliphatic rings. The van der Waals surface area contributed by atoms with E-state index in [9.17, 15) is 0 Å². The van der Waals surface area contributed by atoms with E-state index in [0.717, 1.165) is 6.54 Å². The van der Waals surface area contributed by atoms with Crippen LogP contribution in [0.1, 0.15) is 51.9 Å². The highest BCUT2D eigenvalue weighted by Crippen LogP contribution is 2.21. The second-order valence-corrected chi connectivity index (χ2v) is 6.08. The van der Waals surface area contributed by atoms with Crippen LogP contribution in [-0.4, -0.2) is 49.8 Å². The summed E-state index contributed by atoms with van der Waals surface area (Å²) in [5.74, 6) is 0. The molecule has 0 spiro atoms. The number of methoxy groups -OCH3 is 1. The number of hydrogen-bond acceptors (Lipinski definition) is 3. The number of piperidine rings is 1. The minimum absolute atomic E-state index is 0.488. The molecule has 0 amide bonds. The van der Waals surface area contributed by atoms with Gasteiger partial charge >= 0.3 is 0 Å². The van der Waals surface area contributed by atoms with Crippen LogP contribution in [0.25, 0.3) is 0 Å². The molecule has 0 radical (unpaired) electrons. The highest BCUT2D eigenvalue weighted by Gasteiger charge is 2.23. The van der Waals surface area contributed by atoms with Crippen LogP contribution in [0, 0.1) is 0 Å². The molecule has 0 aromatic carbocycles. The van der Waals surface area contributed by atoms with E-state index >= 15 is 0 Å². The van der Waals surface area contributed by atoms with Crippen LogP contribution >= 0.6 is 0 Å². The number of nitrogens with zero attached hydrogens (tertiary/aromatic N) is 1. The Labute approximate surface area is 112 Å². The van der Waals surface area contributed by atoms with Gasteiger partial charge in [-0.25, -0.2) is 0 Å². The predicted octanol–water partition coefficient (Wildman–Crippen LogP) is 2.41. The van der Waals surface area contributed by atoms with Crippen LogP contribution in [0.4, 0.5) is 0 Å². The molecule has 18 heavy (non-hydrogen) atoms. The summed E-state index contributed by atoms with van der Waals surface area (Å²) in [6.45, 7) is 6.11. The van der Waals surface area contributed by atoms with Gasteiger partial charge in [0, 0.05) is 25.7 Å². The van der Waals surface area contributed by atoms with Crippen molar-refractivity contribution in [3.8, 4) is 0 Å². The van der Waals surface area contributed by atoms with E-state index in [4.69, 9.17) is 4.74 Å². The largest absolute Gasteiger partial charge is 0.381 e. The molecule has 2 rings (SSSR count). The van der Waals surface area contributed by atoms with Crippen molar-refractivity contribution in [2.45, 2.75) is 70.1 Å². The standard InChI is InChI=1S/C15H30N2O/c1-13(17-9-4-3-5-10-17)12-16-14-7-6-8-15(11-14)18-2/h13-16H,3-12H2,1-2H3. The van der Waals surface area contributed by atoms with Gasteiger partial charge in [-0.15, -0.1) is 0 Å². The van der Waals surface area contributed by atoms with Crippen molar-refractivity contribution in [1.29, 1.82) is 0 Å². The quantitative estimate of drug-likeness (QED) is 0.815. The fourth-order valence-electron chi connectivity index (χ4n) is 3.37. The Hall–Kier alpha value is -0.120. The maximum absolute atomic E-state index is 5.49. The molecule has 3 unspecified atom stereocenters. The lowest BCUT2D eigenvalue weighted by molar-refractivity contribution is 0.0570. The summed E-state index contributed by atoms with van der Waals surface area (Å²) in [5.41, 5.74) is 0. The third kappa shape index (κ3) is 4.22. The fraction of sp³-hybridized carbons (Fsp3) is 1.00. The number of hydrogen-bond donors (Lipinski definition) is 1. The molecule has 1 aliphatic carbocycles. The molecular weight excluding hydrogens is 224 g/mol. The first-order valence-corrected chi connectivity index (χ1v) is 7.80. The zero-order chi connectivity index (χ0) is 12.8. The Bertz CT molecular complexity index is 227. The summed E-state index contributed by atoms with van der Waals surface area (Å²) in [4.78, 5) is 2.65. The summed E-state index contributed by atoms with van der Waals surface area (Å²) in [5, 5.41) is 3.76. The summed E-state index contributed by atoms with van der Waals surface area (Å²) in [7, 11) is 1.85. The van der Waals surface area contributed by atoms with Gasteiger partial charge in [0.2, 0.25) is 0 Å². The van der Waals surface area contributed by atoms with Gasteiger partial charge in [-0.1, -0.05) is 6.42 Å². The zero-order valence-corrected chi connectivity index (χ0v) is 12.2. The van der Waals surface area contributed by atoms with Crippen LogP contribution in [0.3, 0.4) is 0 Å². The van der Waals surface area contributed by atoms with Crippen LogP contribution in [-0.2, 0) is 4.74 Å². The minimum Gasteiger partial charge on any atom is -0.381 e. The molecular formula is C15H30N2O. The maximum atomic E-state index is 5.49. The Morgan fingerprint density at radius 3 is 2.67 bits per heavy atom. The topological polar surface area (TPSA) is 24.5 Å². The SMILES string of the molecule is COC1CCCC(NCC(C)N2CCCCC2)C1. The third-order valence-electron chi connectivity index (χ3n) is 4.68. The first-order valence-electron chi connectivity index (χ1n) is 7.80. The van der Waals surface area contributed by atoms with E-state index in [1.165, 1.54) is 58.0 Å². The number of likely N-dealkylation sites (tertiary alicyclic amines) is 1. The lowest BCUT2D eigenvalue weighted by atomic mass is 9.92. The summed E-state index contributed by atoms with van der Waals surface area (Å²) < 4.78 is 5.49. The molecule has 1 heterocycles. The smallest absolute Gasteiger partial charge is 0.0586 e. The van der Waals surface area contributed by atoms with Gasteiger partial charge in [0.15, 0.2) is 0 Å². The average molecular weight is 254 g/mol. The van der Waals surface area contributed by atoms with E-state index in [0.29, 0.717) is 18.2 Å². The second-order valence-electron chi connectivity index (χ2n) is 6.08. The molecule has 3 nitrogen and oxygen atoms in total. The first-order chi connectivity index (χ1) is 8.79. The van der Waals surface area contributed by atoms with Crippen molar-refractivity contribution in [1.82, 2.24) is 10.2 Å². The van der Waals surface area contributed by atoms with Crippen molar-refractivity contribution >= 4 is 0 Å². The van der Waals surface area contributed by atoms with Crippen molar-refractivity contribution in [2.75, 3.05) is 26.7 Å². The van der Waals surface area contributed by atoms with Gasteiger partial charge in [-0.2, -0.15) is 0 Å². The van der Waals surface area contributed by atoms with Gasteiger partial charge in [-0.3, -0.25) is 4.90 Å². The summed E-state index contributed by atoms with van der Waals surface area (Å²) in [6, 6.07) is 1.36. The lowest BCUT2D eigenvalue weighted by Crippen LogP contribution is -2.46. The van der Waals surface area contributed by atoms with Gasteiger partial charge in [0.25, 0.3) is 0 Å². The summed E-state index contributed by atoms with van der Waals surface area (Å²) in [6.07, 6.45) is 9.77. The van der Waals surface area contributed by atoms with Gasteiger partial charge < -0.3 is 10.1 Å². The van der Waals surface area contributed by atoms with Crippen molar-refractivity contribution in [3.05, 3.63) is 0 Å². The number of nitrogens with one attached hydrogen (secondary N) is 1. The monoisotopic (exact) mass is 254 g/mol. The molecule has 3 atom stereocenters. The highest BCUT2D eigenvalue weighted by molar-refractivity contribution is 4.81. The molecule has 3 heteroatoms. The molecule has 0 bridgehead atoms. The highest BCUT2D eigenvalue weighted by atomic mass is 16.5. The van der Waals surface area contributed by atoms with Crippen LogP contribution in [0.5, 0.6) is 0 Å². The van der Waals surface area contributed by atoms with E-state index in [1.807, 2.05) is 7.11 Å². The van der Waals surface area contributed by atoms with Gasteiger partial charge in [0.1, 0.15) is 0 Å². The maximum Gasteiger partial charge on any atom is 0.0586 e. The number of ether oxygens (including phenoxy) is 1. The molecule has 106 valence electrons. The average Bonchev–Trinajstić information content (AvgIpc) is 2.46. The zero-order valence-electron chi connectivity index (χ0n) is 12.2. The van der Waals surface area contributed by atoms with Crippen molar-refractivity contribution in [2.24, 2.45) is 0 Å². The molecule has 1 saturated carbocycles. The molecule has 0 aromatic rings. The third-order valence-corrected chi connectivity index (χ3v) is 4.68. The molecule has 1 aliphatic heterocycles. The van der Waals surface area contributed by atoms with Crippen LogP contribution < -0.4 is 5.32 Å². The van der Waals surface area contributed by atoms with Gasteiger partial charge in [0.05, 0.1) is 6.10 Å². The Kier molecular flexibility index (Phi) is 5.93. The van der Waals surface area contributed by atoms with Crippen LogP contribution in [0.15, 0.2) is 0 Å². The Morgan fingerprint density at radius 1 is 1.17 bits per heavy atom. The Morgan fingerprint density at radius 2 is 1.94 bits per heavy atom.